The van der Waals surface area contributed by atoms with Gasteiger partial charge >= 0.3 is 5.97 Å². The molecule has 2 aromatic heterocycles. The molecule has 0 spiro atoms. The lowest BCUT2D eigenvalue weighted by molar-refractivity contribution is -0.138. The van der Waals surface area contributed by atoms with Gasteiger partial charge in [0.25, 0.3) is 5.91 Å². The SMILES string of the molecule is CCc1cc(Nc2nccn3c(-c4ccc(OC)c(F)c4F)cnc23)ccc1C(=O)NCCCCC(N)C(=O)O. The smallest absolute Gasteiger partial charge is 0.320 e. The number of methoxy groups -OCH3 is 1. The number of hydrogen-bond acceptors (Lipinski definition) is 7. The number of rotatable bonds is 12. The van der Waals surface area contributed by atoms with Crippen molar-refractivity contribution in [3.8, 4) is 17.0 Å². The number of carbonyl (C=O) groups excluding carboxylic acids is 1. The normalized spacial score (nSPS) is 11.8. The predicted octanol–water partition coefficient (Wildman–Crippen LogP) is 4.30. The monoisotopic (exact) mass is 552 g/mol. The van der Waals surface area contributed by atoms with E-state index in [1.54, 1.807) is 22.7 Å². The van der Waals surface area contributed by atoms with Gasteiger partial charge in [-0.1, -0.05) is 6.92 Å². The zero-order valence-corrected chi connectivity index (χ0v) is 22.1. The first-order chi connectivity index (χ1) is 19.2. The number of carboxylic acids is 1. The number of carbonyl (C=O) groups is 2. The Labute approximate surface area is 229 Å². The third kappa shape index (κ3) is 6.01. The molecule has 0 radical (unpaired) electrons. The average molecular weight is 553 g/mol. The lowest BCUT2D eigenvalue weighted by Gasteiger charge is -2.13. The first kappa shape index (κ1) is 28.4. The highest BCUT2D eigenvalue weighted by Crippen LogP contribution is 2.31. The van der Waals surface area contributed by atoms with Crippen LogP contribution in [0.25, 0.3) is 16.9 Å². The molecule has 0 fully saturated rings. The largest absolute Gasteiger partial charge is 0.494 e. The zero-order valence-electron chi connectivity index (χ0n) is 22.1. The van der Waals surface area contributed by atoms with Crippen LogP contribution >= 0.6 is 0 Å². The van der Waals surface area contributed by atoms with Crippen LogP contribution in [0.15, 0.2) is 48.9 Å². The van der Waals surface area contributed by atoms with Crippen molar-refractivity contribution in [2.45, 2.75) is 38.6 Å². The Morgan fingerprint density at radius 1 is 1.15 bits per heavy atom. The van der Waals surface area contributed by atoms with Crippen molar-refractivity contribution in [2.24, 2.45) is 5.73 Å². The van der Waals surface area contributed by atoms with Crippen molar-refractivity contribution < 1.29 is 28.2 Å². The molecule has 0 aliphatic carbocycles. The maximum Gasteiger partial charge on any atom is 0.320 e. The van der Waals surface area contributed by atoms with Crippen LogP contribution in [0.2, 0.25) is 0 Å². The number of benzene rings is 2. The molecular formula is C28H30F2N6O4. The van der Waals surface area contributed by atoms with Crippen molar-refractivity contribution >= 4 is 29.0 Å². The number of amides is 1. The Bertz CT molecular complexity index is 1540. The molecule has 2 aromatic carbocycles. The predicted molar refractivity (Wildman–Crippen MR) is 146 cm³/mol. The molecule has 1 amide bonds. The molecule has 2 heterocycles. The average Bonchev–Trinajstić information content (AvgIpc) is 3.38. The minimum absolute atomic E-state index is 0.0244. The Balaban J connectivity index is 1.49. The van der Waals surface area contributed by atoms with E-state index in [2.05, 4.69) is 20.6 Å². The van der Waals surface area contributed by atoms with Gasteiger partial charge in [0, 0.05) is 35.8 Å². The number of halogens is 2. The molecule has 10 nitrogen and oxygen atoms in total. The molecular weight excluding hydrogens is 522 g/mol. The van der Waals surface area contributed by atoms with Crippen LogP contribution in [-0.2, 0) is 11.2 Å². The fourth-order valence-electron chi connectivity index (χ4n) is 4.33. The summed E-state index contributed by atoms with van der Waals surface area (Å²) in [5.41, 5.74) is 8.27. The van der Waals surface area contributed by atoms with Crippen molar-refractivity contribution in [3.05, 3.63) is 71.7 Å². The maximum absolute atomic E-state index is 14.8. The van der Waals surface area contributed by atoms with Gasteiger partial charge in [-0.15, -0.1) is 0 Å². The van der Waals surface area contributed by atoms with Gasteiger partial charge < -0.3 is 26.2 Å². The van der Waals surface area contributed by atoms with E-state index in [-0.39, 0.29) is 17.2 Å². The van der Waals surface area contributed by atoms with Gasteiger partial charge in [-0.2, -0.15) is 4.39 Å². The van der Waals surface area contributed by atoms with Gasteiger partial charge in [0.2, 0.25) is 5.82 Å². The second-order valence-corrected chi connectivity index (χ2v) is 9.10. The molecule has 0 aliphatic rings. The van der Waals surface area contributed by atoms with Gasteiger partial charge in [0.15, 0.2) is 23.0 Å². The molecule has 210 valence electrons. The molecule has 4 rings (SSSR count). The summed E-state index contributed by atoms with van der Waals surface area (Å²) in [5.74, 6) is -3.19. The molecule has 1 unspecified atom stereocenters. The number of nitrogens with one attached hydrogen (secondary N) is 2. The molecule has 4 aromatic rings. The van der Waals surface area contributed by atoms with Crippen LogP contribution < -0.4 is 21.1 Å². The van der Waals surface area contributed by atoms with E-state index in [0.717, 1.165) is 5.56 Å². The van der Waals surface area contributed by atoms with E-state index in [1.165, 1.54) is 31.6 Å². The number of ether oxygens (including phenoxy) is 1. The third-order valence-electron chi connectivity index (χ3n) is 6.51. The summed E-state index contributed by atoms with van der Waals surface area (Å²) >= 11 is 0. The Morgan fingerprint density at radius 3 is 2.67 bits per heavy atom. The van der Waals surface area contributed by atoms with Gasteiger partial charge in [-0.05, 0) is 61.6 Å². The molecule has 0 bridgehead atoms. The standard InChI is InChI=1S/C28H30F2N6O4/c1-3-16-14-17(7-8-18(16)27(37)33-11-5-4-6-20(31)28(38)39)35-25-26-34-15-21(36(26)13-12-32-25)19-9-10-22(40-2)24(30)23(19)29/h7-10,12-15,20H,3-6,11,31H2,1-2H3,(H,32,35)(H,33,37)(H,38,39). The van der Waals surface area contributed by atoms with Crippen molar-refractivity contribution in [2.75, 3.05) is 19.0 Å². The molecule has 0 saturated carbocycles. The topological polar surface area (TPSA) is 144 Å². The third-order valence-corrected chi connectivity index (χ3v) is 6.51. The number of nitrogens with two attached hydrogens (primary N) is 1. The minimum atomic E-state index is -1.08. The first-order valence-electron chi connectivity index (χ1n) is 12.8. The number of carboxylic acid groups (broad SMARTS) is 1. The van der Waals surface area contributed by atoms with E-state index < -0.39 is 23.6 Å². The lowest BCUT2D eigenvalue weighted by atomic mass is 10.0. The summed E-state index contributed by atoms with van der Waals surface area (Å²) in [4.78, 5) is 32.3. The molecule has 40 heavy (non-hydrogen) atoms. The zero-order chi connectivity index (χ0) is 28.8. The van der Waals surface area contributed by atoms with E-state index in [0.29, 0.717) is 60.6 Å². The number of imidazole rings is 1. The second-order valence-electron chi connectivity index (χ2n) is 9.10. The molecule has 1 atom stereocenters. The van der Waals surface area contributed by atoms with E-state index >= 15 is 0 Å². The highest BCUT2D eigenvalue weighted by atomic mass is 19.2. The number of aromatic nitrogens is 3. The van der Waals surface area contributed by atoms with Gasteiger partial charge in [-0.3, -0.25) is 14.0 Å². The van der Waals surface area contributed by atoms with Crippen LogP contribution in [-0.4, -0.2) is 51.0 Å². The molecule has 0 aliphatic heterocycles. The second kappa shape index (κ2) is 12.5. The number of anilines is 2. The summed E-state index contributed by atoms with van der Waals surface area (Å²) in [7, 11) is 1.27. The van der Waals surface area contributed by atoms with E-state index in [4.69, 9.17) is 15.6 Å². The fourth-order valence-corrected chi connectivity index (χ4v) is 4.33. The minimum Gasteiger partial charge on any atom is -0.494 e. The highest BCUT2D eigenvalue weighted by molar-refractivity contribution is 5.96. The summed E-state index contributed by atoms with van der Waals surface area (Å²) in [6.45, 7) is 2.34. The van der Waals surface area contributed by atoms with Crippen LogP contribution in [0, 0.1) is 11.6 Å². The molecule has 0 saturated heterocycles. The number of fused-ring (bicyclic) bond motifs is 1. The Kier molecular flexibility index (Phi) is 8.90. The molecule has 12 heteroatoms. The van der Waals surface area contributed by atoms with Crippen LogP contribution in [0.5, 0.6) is 5.75 Å². The summed E-state index contributed by atoms with van der Waals surface area (Å²) in [6.07, 6.45) is 6.70. The summed E-state index contributed by atoms with van der Waals surface area (Å²) in [6, 6.07) is 7.18. The van der Waals surface area contributed by atoms with Crippen LogP contribution in [0.1, 0.15) is 42.1 Å². The van der Waals surface area contributed by atoms with Crippen molar-refractivity contribution in [3.63, 3.8) is 0 Å². The highest BCUT2D eigenvalue weighted by Gasteiger charge is 2.19. The van der Waals surface area contributed by atoms with E-state index in [1.807, 2.05) is 13.0 Å². The Morgan fingerprint density at radius 2 is 1.95 bits per heavy atom. The Hall–Kier alpha value is -4.58. The van der Waals surface area contributed by atoms with Gasteiger partial charge in [0.05, 0.1) is 19.0 Å². The maximum atomic E-state index is 14.8. The van der Waals surface area contributed by atoms with Gasteiger partial charge in [-0.25, -0.2) is 14.4 Å². The fraction of sp³-hybridized carbons (Fsp3) is 0.286. The van der Waals surface area contributed by atoms with Crippen molar-refractivity contribution in [1.29, 1.82) is 0 Å². The van der Waals surface area contributed by atoms with Crippen LogP contribution in [0.3, 0.4) is 0 Å². The van der Waals surface area contributed by atoms with Gasteiger partial charge in [0.1, 0.15) is 6.04 Å². The summed E-state index contributed by atoms with van der Waals surface area (Å²) in [5, 5.41) is 14.9. The molecule has 5 N–H and O–H groups in total. The number of aliphatic carboxylic acids is 1. The van der Waals surface area contributed by atoms with Crippen LogP contribution in [0.4, 0.5) is 20.3 Å². The lowest BCUT2D eigenvalue weighted by Crippen LogP contribution is -2.30. The van der Waals surface area contributed by atoms with Crippen molar-refractivity contribution in [1.82, 2.24) is 19.7 Å². The first-order valence-corrected chi connectivity index (χ1v) is 12.8. The summed E-state index contributed by atoms with van der Waals surface area (Å²) < 4.78 is 35.6. The quantitative estimate of drug-likeness (QED) is 0.191. The number of hydrogen-bond donors (Lipinski definition) is 4. The number of aryl methyl sites for hydroxylation is 1. The van der Waals surface area contributed by atoms with E-state index in [9.17, 15) is 18.4 Å². The number of unbranched alkanes of at least 4 members (excludes halogenated alkanes) is 1. The number of nitrogens with zero attached hydrogens (tertiary/aromatic N) is 3.